The van der Waals surface area contributed by atoms with Gasteiger partial charge in [0.05, 0.1) is 19.1 Å². The lowest BCUT2D eigenvalue weighted by Gasteiger charge is -2.15. The van der Waals surface area contributed by atoms with Crippen molar-refractivity contribution in [2.75, 3.05) is 6.61 Å². The van der Waals surface area contributed by atoms with E-state index >= 15 is 0 Å². The zero-order valence-corrected chi connectivity index (χ0v) is 8.93. The molecule has 1 amide bonds. The van der Waals surface area contributed by atoms with Crippen LogP contribution in [0.5, 0.6) is 0 Å². The van der Waals surface area contributed by atoms with E-state index in [1.807, 2.05) is 0 Å². The Morgan fingerprint density at radius 2 is 2.50 bits per heavy atom. The minimum atomic E-state index is -0.593. The number of ether oxygens (including phenoxy) is 1. The first-order chi connectivity index (χ1) is 7.72. The predicted molar refractivity (Wildman–Crippen MR) is 54.6 cm³/mol. The third-order valence-electron chi connectivity index (χ3n) is 2.64. The number of esters is 1. The molecule has 1 saturated heterocycles. The maximum atomic E-state index is 11.6. The number of furan rings is 1. The second-order valence-electron chi connectivity index (χ2n) is 3.66. The Bertz CT molecular complexity index is 385. The van der Waals surface area contributed by atoms with Gasteiger partial charge in [0.15, 0.2) is 0 Å². The zero-order chi connectivity index (χ0) is 11.5. The van der Waals surface area contributed by atoms with E-state index in [0.29, 0.717) is 13.0 Å². The fraction of sp³-hybridized carbons (Fsp3) is 0.455. The van der Waals surface area contributed by atoms with Crippen molar-refractivity contribution in [3.8, 4) is 0 Å². The number of nitrogens with one attached hydrogen (secondary N) is 1. The van der Waals surface area contributed by atoms with Crippen LogP contribution in [0.1, 0.15) is 24.8 Å². The van der Waals surface area contributed by atoms with E-state index in [1.54, 1.807) is 19.3 Å². The highest BCUT2D eigenvalue weighted by Crippen LogP contribution is 2.29. The van der Waals surface area contributed by atoms with Gasteiger partial charge < -0.3 is 14.5 Å². The fourth-order valence-corrected chi connectivity index (χ4v) is 1.90. The van der Waals surface area contributed by atoms with Gasteiger partial charge in [-0.05, 0) is 18.6 Å². The number of rotatable bonds is 3. The Morgan fingerprint density at radius 3 is 3.12 bits per heavy atom. The Kier molecular flexibility index (Phi) is 2.94. The Morgan fingerprint density at radius 1 is 1.69 bits per heavy atom. The lowest BCUT2D eigenvalue weighted by atomic mass is 9.94. The summed E-state index contributed by atoms with van der Waals surface area (Å²) in [5.74, 6) is -0.714. The van der Waals surface area contributed by atoms with Gasteiger partial charge in [-0.2, -0.15) is 0 Å². The van der Waals surface area contributed by atoms with Gasteiger partial charge in [0.25, 0.3) is 0 Å². The molecule has 0 bridgehead atoms. The van der Waals surface area contributed by atoms with Gasteiger partial charge in [0.1, 0.15) is 6.04 Å². The molecule has 0 spiro atoms. The van der Waals surface area contributed by atoms with Crippen molar-refractivity contribution < 1.29 is 18.7 Å². The summed E-state index contributed by atoms with van der Waals surface area (Å²) in [7, 11) is 0. The topological polar surface area (TPSA) is 68.5 Å². The molecule has 0 radical (unpaired) electrons. The number of amides is 1. The second kappa shape index (κ2) is 4.38. The molecule has 16 heavy (non-hydrogen) atoms. The molecule has 0 saturated carbocycles. The maximum absolute atomic E-state index is 11.6. The summed E-state index contributed by atoms with van der Waals surface area (Å²) < 4.78 is 9.88. The zero-order valence-electron chi connectivity index (χ0n) is 8.93. The normalized spacial score (nSPS) is 24.2. The molecule has 1 fully saturated rings. The summed E-state index contributed by atoms with van der Waals surface area (Å²) in [6.07, 6.45) is 3.38. The summed E-state index contributed by atoms with van der Waals surface area (Å²) in [6.45, 7) is 2.05. The molecule has 1 aliphatic heterocycles. The van der Waals surface area contributed by atoms with Crippen LogP contribution in [-0.2, 0) is 14.3 Å². The Balaban J connectivity index is 2.16. The van der Waals surface area contributed by atoms with Crippen LogP contribution in [0.2, 0.25) is 0 Å². The first-order valence-electron chi connectivity index (χ1n) is 5.20. The number of hydrogen-bond acceptors (Lipinski definition) is 4. The molecule has 86 valence electrons. The van der Waals surface area contributed by atoms with Crippen molar-refractivity contribution in [3.05, 3.63) is 24.2 Å². The van der Waals surface area contributed by atoms with E-state index in [4.69, 9.17) is 9.15 Å². The van der Waals surface area contributed by atoms with Gasteiger partial charge in [-0.1, -0.05) is 0 Å². The maximum Gasteiger partial charge on any atom is 0.329 e. The van der Waals surface area contributed by atoms with Crippen LogP contribution >= 0.6 is 0 Å². The van der Waals surface area contributed by atoms with Crippen LogP contribution in [-0.4, -0.2) is 24.5 Å². The molecule has 2 heterocycles. The van der Waals surface area contributed by atoms with Crippen LogP contribution in [0.25, 0.3) is 0 Å². The Labute approximate surface area is 92.8 Å². The van der Waals surface area contributed by atoms with Crippen molar-refractivity contribution in [3.63, 3.8) is 0 Å². The molecule has 0 aliphatic carbocycles. The molecule has 1 aromatic heterocycles. The molecule has 0 unspecified atom stereocenters. The van der Waals surface area contributed by atoms with Crippen molar-refractivity contribution >= 4 is 11.9 Å². The third kappa shape index (κ3) is 1.93. The highest BCUT2D eigenvalue weighted by atomic mass is 16.5. The monoisotopic (exact) mass is 223 g/mol. The number of hydrogen-bond donors (Lipinski definition) is 1. The third-order valence-corrected chi connectivity index (χ3v) is 2.64. The molecule has 5 heteroatoms. The van der Waals surface area contributed by atoms with Crippen LogP contribution in [0.3, 0.4) is 0 Å². The van der Waals surface area contributed by atoms with Gasteiger partial charge >= 0.3 is 5.97 Å². The quantitative estimate of drug-likeness (QED) is 0.770. The molecule has 1 N–H and O–H groups in total. The average Bonchev–Trinajstić information content (AvgIpc) is 2.85. The highest BCUT2D eigenvalue weighted by molar-refractivity contribution is 5.90. The molecular formula is C11H13NO4. The van der Waals surface area contributed by atoms with Crippen molar-refractivity contribution in [1.82, 2.24) is 5.32 Å². The minimum Gasteiger partial charge on any atom is -0.472 e. The molecular weight excluding hydrogens is 210 g/mol. The highest BCUT2D eigenvalue weighted by Gasteiger charge is 2.39. The van der Waals surface area contributed by atoms with E-state index < -0.39 is 6.04 Å². The van der Waals surface area contributed by atoms with E-state index in [-0.39, 0.29) is 17.8 Å². The standard InChI is InChI=1S/C11H13NO4/c1-2-16-11(14)10-8(5-9(13)12-10)7-3-4-15-6-7/h3-4,6,8,10H,2,5H2,1H3,(H,12,13)/t8-,10+/m0/s1. The lowest BCUT2D eigenvalue weighted by Crippen LogP contribution is -2.37. The largest absolute Gasteiger partial charge is 0.472 e. The van der Waals surface area contributed by atoms with Gasteiger partial charge in [-0.15, -0.1) is 0 Å². The first kappa shape index (κ1) is 10.7. The summed E-state index contributed by atoms with van der Waals surface area (Å²) in [5.41, 5.74) is 0.844. The van der Waals surface area contributed by atoms with Gasteiger partial charge in [-0.25, -0.2) is 4.79 Å². The first-order valence-corrected chi connectivity index (χ1v) is 5.20. The second-order valence-corrected chi connectivity index (χ2v) is 3.66. The lowest BCUT2D eigenvalue weighted by molar-refractivity contribution is -0.146. The molecule has 0 aromatic carbocycles. The van der Waals surface area contributed by atoms with Crippen molar-refractivity contribution in [1.29, 1.82) is 0 Å². The Hall–Kier alpha value is -1.78. The van der Waals surface area contributed by atoms with E-state index in [1.165, 1.54) is 6.26 Å². The average molecular weight is 223 g/mol. The smallest absolute Gasteiger partial charge is 0.329 e. The molecule has 2 rings (SSSR count). The van der Waals surface area contributed by atoms with Gasteiger partial charge in [0, 0.05) is 12.3 Å². The summed E-state index contributed by atoms with van der Waals surface area (Å²) in [5, 5.41) is 2.62. The van der Waals surface area contributed by atoms with Crippen LogP contribution in [0.4, 0.5) is 0 Å². The number of carbonyl (C=O) groups is 2. The van der Waals surface area contributed by atoms with Crippen molar-refractivity contribution in [2.45, 2.75) is 25.3 Å². The predicted octanol–water partition coefficient (Wildman–Crippen LogP) is 0.815. The van der Waals surface area contributed by atoms with Crippen LogP contribution in [0.15, 0.2) is 23.0 Å². The SMILES string of the molecule is CCOC(=O)[C@@H]1NC(=O)C[C@H]1c1ccoc1. The van der Waals surface area contributed by atoms with Crippen LogP contribution < -0.4 is 5.32 Å². The van der Waals surface area contributed by atoms with E-state index in [0.717, 1.165) is 5.56 Å². The van der Waals surface area contributed by atoms with E-state index in [9.17, 15) is 9.59 Å². The molecule has 1 aromatic rings. The number of carbonyl (C=O) groups excluding carboxylic acids is 2. The molecule has 2 atom stereocenters. The van der Waals surface area contributed by atoms with Crippen LogP contribution in [0, 0.1) is 0 Å². The van der Waals surface area contributed by atoms with Gasteiger partial charge in [0.2, 0.25) is 5.91 Å². The molecule has 1 aliphatic rings. The van der Waals surface area contributed by atoms with E-state index in [2.05, 4.69) is 5.32 Å². The minimum absolute atomic E-state index is 0.135. The van der Waals surface area contributed by atoms with Crippen molar-refractivity contribution in [2.24, 2.45) is 0 Å². The van der Waals surface area contributed by atoms with Gasteiger partial charge in [-0.3, -0.25) is 4.79 Å². The summed E-state index contributed by atoms with van der Waals surface area (Å²) in [4.78, 5) is 22.9. The summed E-state index contributed by atoms with van der Waals surface area (Å²) in [6, 6.07) is 1.17. The summed E-state index contributed by atoms with van der Waals surface area (Å²) >= 11 is 0. The fourth-order valence-electron chi connectivity index (χ4n) is 1.90. The molecule has 5 nitrogen and oxygen atoms in total.